The Morgan fingerprint density at radius 3 is 2.58 bits per heavy atom. The Bertz CT molecular complexity index is 571. The van der Waals surface area contributed by atoms with E-state index in [9.17, 15) is 4.79 Å². The lowest BCUT2D eigenvalue weighted by Gasteiger charge is -2.14. The zero-order chi connectivity index (χ0) is 18.1. The van der Waals surface area contributed by atoms with Crippen molar-refractivity contribution >= 4 is 53.3 Å². The zero-order valence-electron chi connectivity index (χ0n) is 15.9. The molecule has 1 amide bonds. The summed E-state index contributed by atoms with van der Waals surface area (Å²) in [5.74, 6) is 2.16. The number of amides is 1. The summed E-state index contributed by atoms with van der Waals surface area (Å²) in [7, 11) is 0. The predicted octanol–water partition coefficient (Wildman–Crippen LogP) is 3.85. The molecule has 1 unspecified atom stereocenters. The van der Waals surface area contributed by atoms with Gasteiger partial charge in [0.25, 0.3) is 0 Å². The van der Waals surface area contributed by atoms with Crippen LogP contribution in [0.3, 0.4) is 0 Å². The van der Waals surface area contributed by atoms with E-state index in [-0.39, 0.29) is 35.8 Å². The molecule has 1 saturated heterocycles. The van der Waals surface area contributed by atoms with Crippen LogP contribution in [0.2, 0.25) is 0 Å². The Hall–Kier alpha value is -0.960. The van der Waals surface area contributed by atoms with Gasteiger partial charge in [-0.2, -0.15) is 11.8 Å². The van der Waals surface area contributed by atoms with Gasteiger partial charge >= 0.3 is 0 Å². The number of nitrogens with one attached hydrogen (secondary N) is 3. The minimum absolute atomic E-state index is 0. The highest BCUT2D eigenvalue weighted by molar-refractivity contribution is 14.0. The van der Waals surface area contributed by atoms with Crippen molar-refractivity contribution in [3.05, 3.63) is 29.8 Å². The molecule has 1 aliphatic rings. The molecule has 7 heteroatoms. The van der Waals surface area contributed by atoms with E-state index in [2.05, 4.69) is 27.9 Å². The normalized spacial score (nSPS) is 16.9. The van der Waals surface area contributed by atoms with Crippen LogP contribution in [0, 0.1) is 5.92 Å². The molecule has 0 bridgehead atoms. The van der Waals surface area contributed by atoms with Crippen LogP contribution in [0.4, 0.5) is 5.69 Å². The number of aliphatic imine (C=N–C) groups is 1. The van der Waals surface area contributed by atoms with Crippen molar-refractivity contribution in [2.45, 2.75) is 45.4 Å². The van der Waals surface area contributed by atoms with Crippen LogP contribution in [0.1, 0.15) is 39.2 Å². The van der Waals surface area contributed by atoms with Crippen LogP contribution in [0.15, 0.2) is 29.3 Å². The summed E-state index contributed by atoms with van der Waals surface area (Å²) in [6.45, 7) is 8.29. The summed E-state index contributed by atoms with van der Waals surface area (Å²) >= 11 is 2.05. The number of halogens is 1. The Balaban J connectivity index is 0.00000338. The van der Waals surface area contributed by atoms with E-state index in [1.54, 1.807) is 0 Å². The number of nitrogens with zero attached hydrogens (tertiary/aromatic N) is 1. The molecule has 0 saturated carbocycles. The fraction of sp³-hybridized carbons (Fsp3) is 0.579. The van der Waals surface area contributed by atoms with Crippen LogP contribution in [0.5, 0.6) is 0 Å². The number of hydrogen-bond acceptors (Lipinski definition) is 3. The molecule has 0 aromatic heterocycles. The maximum atomic E-state index is 11.7. The molecule has 0 aliphatic carbocycles. The minimum atomic E-state index is -0.0175. The molecule has 146 valence electrons. The molecule has 1 atom stereocenters. The number of hydrogen-bond donors (Lipinski definition) is 3. The fourth-order valence-electron chi connectivity index (χ4n) is 2.51. The van der Waals surface area contributed by atoms with Crippen LogP contribution >= 0.6 is 35.7 Å². The Kier molecular flexibility index (Phi) is 11.0. The van der Waals surface area contributed by atoms with Gasteiger partial charge in [0.1, 0.15) is 0 Å². The quantitative estimate of drug-likeness (QED) is 0.309. The van der Waals surface area contributed by atoms with Crippen LogP contribution in [0.25, 0.3) is 0 Å². The Morgan fingerprint density at radius 2 is 2.00 bits per heavy atom. The van der Waals surface area contributed by atoms with Gasteiger partial charge < -0.3 is 16.0 Å². The number of guanidine groups is 1. The van der Waals surface area contributed by atoms with Crippen molar-refractivity contribution in [2.75, 3.05) is 24.2 Å². The van der Waals surface area contributed by atoms with E-state index in [0.717, 1.165) is 30.3 Å². The maximum Gasteiger partial charge on any atom is 0.226 e. The summed E-state index contributed by atoms with van der Waals surface area (Å²) < 4.78 is 0. The summed E-state index contributed by atoms with van der Waals surface area (Å²) in [5.41, 5.74) is 1.95. The first-order valence-electron chi connectivity index (χ1n) is 9.12. The van der Waals surface area contributed by atoms with Gasteiger partial charge in [-0.25, -0.2) is 4.99 Å². The molecule has 5 nitrogen and oxygen atoms in total. The third-order valence-electron chi connectivity index (χ3n) is 4.03. The Morgan fingerprint density at radius 1 is 1.27 bits per heavy atom. The molecule has 1 fully saturated rings. The second kappa shape index (κ2) is 12.4. The van der Waals surface area contributed by atoms with E-state index in [4.69, 9.17) is 0 Å². The van der Waals surface area contributed by atoms with Crippen LogP contribution in [-0.2, 0) is 11.3 Å². The van der Waals surface area contributed by atoms with Crippen molar-refractivity contribution in [1.29, 1.82) is 0 Å². The van der Waals surface area contributed by atoms with E-state index in [1.165, 1.54) is 18.6 Å². The van der Waals surface area contributed by atoms with Crippen molar-refractivity contribution in [2.24, 2.45) is 10.9 Å². The lowest BCUT2D eigenvalue weighted by atomic mass is 10.2. The molecule has 1 aromatic carbocycles. The highest BCUT2D eigenvalue weighted by Crippen LogP contribution is 2.25. The van der Waals surface area contributed by atoms with E-state index < -0.39 is 0 Å². The fourth-order valence-corrected chi connectivity index (χ4v) is 3.71. The highest BCUT2D eigenvalue weighted by Gasteiger charge is 2.15. The summed E-state index contributed by atoms with van der Waals surface area (Å²) in [6.07, 6.45) is 2.62. The predicted molar refractivity (Wildman–Crippen MR) is 124 cm³/mol. The molecule has 2 rings (SSSR count). The van der Waals surface area contributed by atoms with Gasteiger partial charge in [0.05, 0.1) is 6.54 Å². The lowest BCUT2D eigenvalue weighted by molar-refractivity contribution is -0.118. The molecule has 1 aromatic rings. The molecule has 0 radical (unpaired) electrons. The lowest BCUT2D eigenvalue weighted by Crippen LogP contribution is -2.40. The average Bonchev–Trinajstić information content (AvgIpc) is 3.12. The second-order valence-corrected chi connectivity index (χ2v) is 7.96. The molecule has 0 spiro atoms. The van der Waals surface area contributed by atoms with E-state index in [0.29, 0.717) is 11.8 Å². The molecule has 26 heavy (non-hydrogen) atoms. The number of carbonyl (C=O) groups is 1. The number of benzene rings is 1. The highest BCUT2D eigenvalue weighted by atomic mass is 127. The smallest absolute Gasteiger partial charge is 0.226 e. The topological polar surface area (TPSA) is 65.5 Å². The maximum absolute atomic E-state index is 11.7. The first-order chi connectivity index (χ1) is 12.1. The van der Waals surface area contributed by atoms with Gasteiger partial charge in [0, 0.05) is 29.9 Å². The van der Waals surface area contributed by atoms with Crippen molar-refractivity contribution < 1.29 is 4.79 Å². The first kappa shape index (κ1) is 23.1. The summed E-state index contributed by atoms with van der Waals surface area (Å²) in [5, 5.41) is 10.3. The van der Waals surface area contributed by atoms with Gasteiger partial charge in [-0.15, -0.1) is 24.0 Å². The number of carbonyl (C=O) groups excluding carboxylic acids is 1. The number of anilines is 1. The first-order valence-corrected chi connectivity index (χ1v) is 10.2. The van der Waals surface area contributed by atoms with Crippen molar-refractivity contribution in [1.82, 2.24) is 10.6 Å². The van der Waals surface area contributed by atoms with Gasteiger partial charge in [-0.3, -0.25) is 4.79 Å². The third-order valence-corrected chi connectivity index (χ3v) is 5.43. The third kappa shape index (κ3) is 8.16. The second-order valence-electron chi connectivity index (χ2n) is 6.55. The molecular weight excluding hydrogens is 459 g/mol. The number of rotatable bonds is 7. The van der Waals surface area contributed by atoms with Gasteiger partial charge in [0.15, 0.2) is 5.96 Å². The minimum Gasteiger partial charge on any atom is -0.357 e. The standard InChI is InChI=1S/C19H30N4OS.HI/c1-4-20-19(22-13-17-6-5-11-25-17)21-12-15-7-9-16(10-8-15)23-18(24)14(2)3;/h7-10,14,17H,4-6,11-13H2,1-3H3,(H,23,24)(H2,20,21,22);1H. The molecular formula is C19H31IN4OS. The van der Waals surface area contributed by atoms with Crippen molar-refractivity contribution in [3.63, 3.8) is 0 Å². The van der Waals surface area contributed by atoms with E-state index >= 15 is 0 Å². The largest absolute Gasteiger partial charge is 0.357 e. The van der Waals surface area contributed by atoms with Gasteiger partial charge in [-0.05, 0) is 43.2 Å². The van der Waals surface area contributed by atoms with Gasteiger partial charge in [-0.1, -0.05) is 26.0 Å². The average molecular weight is 490 g/mol. The van der Waals surface area contributed by atoms with Crippen molar-refractivity contribution in [3.8, 4) is 0 Å². The molecule has 3 N–H and O–H groups in total. The zero-order valence-corrected chi connectivity index (χ0v) is 19.0. The summed E-state index contributed by atoms with van der Waals surface area (Å²) in [4.78, 5) is 16.4. The van der Waals surface area contributed by atoms with Gasteiger partial charge in [0.2, 0.25) is 5.91 Å². The Labute approximate surface area is 178 Å². The molecule has 1 heterocycles. The SMILES string of the molecule is CCNC(=NCc1ccc(NC(=O)C(C)C)cc1)NCC1CCCS1.I. The summed E-state index contributed by atoms with van der Waals surface area (Å²) in [6, 6.07) is 7.88. The monoisotopic (exact) mass is 490 g/mol. The molecule has 1 aliphatic heterocycles. The van der Waals surface area contributed by atoms with E-state index in [1.807, 2.05) is 49.9 Å². The number of thioether (sulfide) groups is 1. The van der Waals surface area contributed by atoms with Crippen LogP contribution < -0.4 is 16.0 Å². The van der Waals surface area contributed by atoms with Crippen LogP contribution in [-0.4, -0.2) is 36.0 Å².